The lowest BCUT2D eigenvalue weighted by molar-refractivity contribution is -0.129. The van der Waals surface area contributed by atoms with Gasteiger partial charge in [0.25, 0.3) is 0 Å². The van der Waals surface area contributed by atoms with Gasteiger partial charge in [-0.25, -0.2) is 14.5 Å². The van der Waals surface area contributed by atoms with Crippen LogP contribution in [0.2, 0.25) is 0 Å². The van der Waals surface area contributed by atoms with E-state index in [1.807, 2.05) is 30.3 Å². The Hall–Kier alpha value is -2.30. The Labute approximate surface area is 211 Å². The van der Waals surface area contributed by atoms with Gasteiger partial charge < -0.3 is 19.3 Å². The fourth-order valence-electron chi connectivity index (χ4n) is 4.34. The molecule has 2 saturated heterocycles. The summed E-state index contributed by atoms with van der Waals surface area (Å²) < 4.78 is 16.7. The first-order valence-electron chi connectivity index (χ1n) is 11.9. The Bertz CT molecular complexity index is 903. The standard InChI is InChI=1S/C25H36N2O7S/c1-24(2,3)34-23(31)27-19(16-33-25(27,4)5)14-20(35-12-11-28)21(29)26-18(15-32-22(26)30)13-17-9-7-6-8-10-17/h6-10,18-20,28H,11-16H2,1-5H3/t18-,19-,20-/m0/s1. The van der Waals surface area contributed by atoms with E-state index < -0.39 is 40.8 Å². The van der Waals surface area contributed by atoms with Crippen molar-refractivity contribution in [2.45, 2.75) is 76.1 Å². The van der Waals surface area contributed by atoms with Crippen LogP contribution >= 0.6 is 11.8 Å². The highest BCUT2D eigenvalue weighted by Gasteiger charge is 2.48. The maximum Gasteiger partial charge on any atom is 0.417 e. The molecule has 2 aliphatic heterocycles. The van der Waals surface area contributed by atoms with Crippen LogP contribution in [0.3, 0.4) is 0 Å². The van der Waals surface area contributed by atoms with Gasteiger partial charge in [0, 0.05) is 5.75 Å². The number of imide groups is 1. The summed E-state index contributed by atoms with van der Waals surface area (Å²) in [6.45, 7) is 9.17. The van der Waals surface area contributed by atoms with Crippen molar-refractivity contribution in [2.75, 3.05) is 25.6 Å². The van der Waals surface area contributed by atoms with Gasteiger partial charge in [0.1, 0.15) is 17.9 Å². The molecule has 1 aromatic carbocycles. The van der Waals surface area contributed by atoms with E-state index in [4.69, 9.17) is 14.2 Å². The molecule has 35 heavy (non-hydrogen) atoms. The second-order valence-electron chi connectivity index (χ2n) is 10.2. The van der Waals surface area contributed by atoms with Crippen LogP contribution in [0.4, 0.5) is 9.59 Å². The van der Waals surface area contributed by atoms with Gasteiger partial charge in [-0.15, -0.1) is 11.8 Å². The van der Waals surface area contributed by atoms with E-state index in [-0.39, 0.29) is 32.1 Å². The monoisotopic (exact) mass is 508 g/mol. The van der Waals surface area contributed by atoms with E-state index >= 15 is 0 Å². The minimum absolute atomic E-state index is 0.116. The average Bonchev–Trinajstić information content (AvgIpc) is 3.28. The van der Waals surface area contributed by atoms with E-state index in [1.54, 1.807) is 34.6 Å². The summed E-state index contributed by atoms with van der Waals surface area (Å²) in [5.41, 5.74) is -0.606. The molecular formula is C25H36N2O7S. The van der Waals surface area contributed by atoms with Crippen LogP contribution in [-0.4, -0.2) is 87.2 Å². The number of carbonyl (C=O) groups excluding carboxylic acids is 3. The number of nitrogens with zero attached hydrogens (tertiary/aromatic N) is 2. The van der Waals surface area contributed by atoms with Gasteiger partial charge in [-0.1, -0.05) is 30.3 Å². The van der Waals surface area contributed by atoms with Crippen molar-refractivity contribution < 1.29 is 33.7 Å². The molecule has 2 fully saturated rings. The summed E-state index contributed by atoms with van der Waals surface area (Å²) in [4.78, 5) is 42.0. The van der Waals surface area contributed by atoms with Crippen LogP contribution < -0.4 is 0 Å². The quantitative estimate of drug-likeness (QED) is 0.569. The summed E-state index contributed by atoms with van der Waals surface area (Å²) >= 11 is 1.26. The zero-order valence-electron chi connectivity index (χ0n) is 21.1. The number of hydrogen-bond donors (Lipinski definition) is 1. The second kappa shape index (κ2) is 11.2. The summed E-state index contributed by atoms with van der Waals surface area (Å²) in [7, 11) is 0. The largest absolute Gasteiger partial charge is 0.447 e. The summed E-state index contributed by atoms with van der Waals surface area (Å²) in [5, 5.41) is 8.74. The molecule has 3 atom stereocenters. The van der Waals surface area contributed by atoms with Crippen molar-refractivity contribution in [3.05, 3.63) is 35.9 Å². The number of benzene rings is 1. The van der Waals surface area contributed by atoms with Crippen LogP contribution in [0.1, 0.15) is 46.6 Å². The number of aliphatic hydroxyl groups is 1. The third kappa shape index (κ3) is 6.89. The lowest BCUT2D eigenvalue weighted by Crippen LogP contribution is -2.52. The first-order chi connectivity index (χ1) is 16.4. The van der Waals surface area contributed by atoms with E-state index in [0.717, 1.165) is 5.56 Å². The molecule has 2 heterocycles. The molecular weight excluding hydrogens is 472 g/mol. The van der Waals surface area contributed by atoms with E-state index in [1.165, 1.54) is 21.6 Å². The minimum Gasteiger partial charge on any atom is -0.447 e. The molecule has 0 spiro atoms. The van der Waals surface area contributed by atoms with Gasteiger partial charge in [0.2, 0.25) is 5.91 Å². The molecule has 9 nitrogen and oxygen atoms in total. The molecule has 1 N–H and O–H groups in total. The fraction of sp³-hybridized carbons (Fsp3) is 0.640. The van der Waals surface area contributed by atoms with Gasteiger partial charge in [-0.3, -0.25) is 9.69 Å². The van der Waals surface area contributed by atoms with Gasteiger partial charge in [0.15, 0.2) is 0 Å². The molecule has 10 heteroatoms. The van der Waals surface area contributed by atoms with E-state index in [0.29, 0.717) is 12.2 Å². The van der Waals surface area contributed by atoms with E-state index in [9.17, 15) is 19.5 Å². The number of cyclic esters (lactones) is 1. The van der Waals surface area contributed by atoms with Gasteiger partial charge in [-0.2, -0.15) is 0 Å². The maximum atomic E-state index is 13.7. The topological polar surface area (TPSA) is 106 Å². The molecule has 1 aromatic rings. The highest BCUT2D eigenvalue weighted by molar-refractivity contribution is 8.00. The van der Waals surface area contributed by atoms with E-state index in [2.05, 4.69) is 0 Å². The van der Waals surface area contributed by atoms with Gasteiger partial charge in [0.05, 0.1) is 30.5 Å². The van der Waals surface area contributed by atoms with Crippen molar-refractivity contribution in [2.24, 2.45) is 0 Å². The van der Waals surface area contributed by atoms with Crippen molar-refractivity contribution in [1.29, 1.82) is 0 Å². The summed E-state index contributed by atoms with van der Waals surface area (Å²) in [6, 6.07) is 8.75. The van der Waals surface area contributed by atoms with Crippen LogP contribution in [-0.2, 0) is 25.4 Å². The molecule has 3 rings (SSSR count). The van der Waals surface area contributed by atoms with Crippen LogP contribution in [0.15, 0.2) is 30.3 Å². The minimum atomic E-state index is -0.912. The molecule has 0 aliphatic carbocycles. The molecule has 0 bridgehead atoms. The number of amides is 3. The Morgan fingerprint density at radius 2 is 1.89 bits per heavy atom. The molecule has 0 aromatic heterocycles. The maximum absolute atomic E-state index is 13.7. The molecule has 2 aliphatic rings. The lowest BCUT2D eigenvalue weighted by Gasteiger charge is -2.36. The third-order valence-corrected chi connectivity index (χ3v) is 7.06. The highest BCUT2D eigenvalue weighted by atomic mass is 32.2. The van der Waals surface area contributed by atoms with Crippen molar-refractivity contribution in [3.8, 4) is 0 Å². The molecule has 0 saturated carbocycles. The molecule has 0 unspecified atom stereocenters. The number of carbonyl (C=O) groups is 3. The number of hydrogen-bond acceptors (Lipinski definition) is 8. The zero-order valence-corrected chi connectivity index (χ0v) is 21.9. The fourth-order valence-corrected chi connectivity index (χ4v) is 5.35. The number of rotatable bonds is 8. The average molecular weight is 509 g/mol. The van der Waals surface area contributed by atoms with Gasteiger partial charge in [-0.05, 0) is 53.0 Å². The first kappa shape index (κ1) is 27.3. The molecule has 194 valence electrons. The zero-order chi connectivity index (χ0) is 25.8. The predicted octanol–water partition coefficient (Wildman–Crippen LogP) is 3.43. The first-order valence-corrected chi connectivity index (χ1v) is 12.9. The molecule has 0 radical (unpaired) electrons. The number of thioether (sulfide) groups is 1. The number of ether oxygens (including phenoxy) is 3. The van der Waals surface area contributed by atoms with Crippen LogP contribution in [0, 0.1) is 0 Å². The lowest BCUT2D eigenvalue weighted by atomic mass is 10.0. The van der Waals surface area contributed by atoms with Crippen molar-refractivity contribution in [3.63, 3.8) is 0 Å². The SMILES string of the molecule is CC(C)(C)OC(=O)N1[C@@H](C[C@H](SCCO)C(=O)N2C(=O)OC[C@@H]2Cc2ccccc2)COC1(C)C. The van der Waals surface area contributed by atoms with Crippen LogP contribution in [0.5, 0.6) is 0 Å². The van der Waals surface area contributed by atoms with Gasteiger partial charge >= 0.3 is 12.2 Å². The third-order valence-electron chi connectivity index (χ3n) is 5.85. The summed E-state index contributed by atoms with van der Waals surface area (Å²) in [5.74, 6) is -0.0767. The second-order valence-corrected chi connectivity index (χ2v) is 11.5. The number of aliphatic hydroxyl groups excluding tert-OH is 1. The van der Waals surface area contributed by atoms with Crippen molar-refractivity contribution in [1.82, 2.24) is 9.80 Å². The Kier molecular flexibility index (Phi) is 8.72. The smallest absolute Gasteiger partial charge is 0.417 e. The Balaban J connectivity index is 1.80. The van der Waals surface area contributed by atoms with Crippen LogP contribution in [0.25, 0.3) is 0 Å². The predicted molar refractivity (Wildman–Crippen MR) is 132 cm³/mol. The molecule has 3 amide bonds. The van der Waals surface area contributed by atoms with Crippen molar-refractivity contribution >= 4 is 29.9 Å². The highest BCUT2D eigenvalue weighted by Crippen LogP contribution is 2.34. The Morgan fingerprint density at radius 3 is 2.51 bits per heavy atom. The summed E-state index contributed by atoms with van der Waals surface area (Å²) in [6.07, 6.45) is -0.462. The Morgan fingerprint density at radius 1 is 1.20 bits per heavy atom. The normalized spacial score (nSPS) is 22.7.